The molecule has 2 aliphatic rings. The lowest BCUT2D eigenvalue weighted by Gasteiger charge is -2.27. The first kappa shape index (κ1) is 35.2. The minimum Gasteiger partial charge on any atom is -0.496 e. The maximum atomic E-state index is 12.4. The van der Waals surface area contributed by atoms with Gasteiger partial charge in [0.2, 0.25) is 5.95 Å². The van der Waals surface area contributed by atoms with Crippen molar-refractivity contribution < 1.29 is 9.53 Å². The highest BCUT2D eigenvalue weighted by atomic mass is 16.5. The molecule has 10 heteroatoms. The van der Waals surface area contributed by atoms with Gasteiger partial charge in [0.25, 0.3) is 5.91 Å². The number of nitrogen functional groups attached to an aromatic ring is 1. The smallest absolute Gasteiger partial charge is 0.257 e. The third-order valence-corrected chi connectivity index (χ3v) is 6.75. The Balaban J connectivity index is 0.000000248. The molecule has 234 valence electrons. The van der Waals surface area contributed by atoms with Gasteiger partial charge in [0, 0.05) is 49.7 Å². The van der Waals surface area contributed by atoms with Crippen LogP contribution in [0.2, 0.25) is 0 Å². The summed E-state index contributed by atoms with van der Waals surface area (Å²) in [6.07, 6.45) is 10.6. The summed E-state index contributed by atoms with van der Waals surface area (Å²) in [6.45, 7) is 11.7. The Morgan fingerprint density at radius 3 is 2.33 bits per heavy atom. The van der Waals surface area contributed by atoms with Crippen molar-refractivity contribution in [2.24, 2.45) is 11.6 Å². The maximum Gasteiger partial charge on any atom is 0.257 e. The monoisotopic (exact) mass is 590 g/mol. The van der Waals surface area contributed by atoms with E-state index in [2.05, 4.69) is 82.9 Å². The molecule has 1 saturated heterocycles. The largest absolute Gasteiger partial charge is 0.496 e. The molecule has 0 unspecified atom stereocenters. The van der Waals surface area contributed by atoms with Gasteiger partial charge in [-0.15, -0.1) is 0 Å². The number of anilines is 3. The second kappa shape index (κ2) is 19.2. The molecule has 0 atom stereocenters. The first-order chi connectivity index (χ1) is 20.9. The van der Waals surface area contributed by atoms with Crippen LogP contribution in [0, 0.1) is 13.8 Å². The summed E-state index contributed by atoms with van der Waals surface area (Å²) in [4.78, 5) is 23.1. The van der Waals surface area contributed by atoms with Crippen molar-refractivity contribution in [1.82, 2.24) is 20.2 Å². The number of allylic oxidation sites excluding steroid dienone is 2. The highest BCUT2D eigenvalue weighted by Crippen LogP contribution is 2.25. The molecule has 0 radical (unpaired) electrons. The topological polar surface area (TPSA) is 143 Å². The Kier molecular flexibility index (Phi) is 15.8. The second-order valence-electron chi connectivity index (χ2n) is 10.2. The fraction of sp³-hybridized carbons (Fsp3) is 0.424. The average Bonchev–Trinajstić information content (AvgIpc) is 3.50. The van der Waals surface area contributed by atoms with Crippen LogP contribution in [0.15, 0.2) is 54.7 Å². The number of nitrogens with two attached hydrogens (primary N) is 2. The number of hydrazine groups is 1. The van der Waals surface area contributed by atoms with E-state index in [4.69, 9.17) is 10.6 Å². The summed E-state index contributed by atoms with van der Waals surface area (Å²) in [5.74, 6) is 6.60. The number of rotatable bonds is 6. The Morgan fingerprint density at radius 2 is 1.74 bits per heavy atom. The number of hydrogen-bond acceptors (Lipinski definition) is 9. The van der Waals surface area contributed by atoms with E-state index in [9.17, 15) is 4.79 Å². The van der Waals surface area contributed by atoms with E-state index in [1.165, 1.54) is 30.2 Å². The van der Waals surface area contributed by atoms with E-state index in [0.717, 1.165) is 62.5 Å². The van der Waals surface area contributed by atoms with Crippen molar-refractivity contribution in [3.8, 4) is 5.75 Å². The molecule has 7 N–H and O–H groups in total. The molecule has 1 fully saturated rings. The minimum atomic E-state index is 0.0371. The molecule has 43 heavy (non-hydrogen) atoms. The summed E-state index contributed by atoms with van der Waals surface area (Å²) in [7, 11) is 3.06. The van der Waals surface area contributed by atoms with Crippen molar-refractivity contribution in [1.29, 1.82) is 0 Å². The maximum absolute atomic E-state index is 12.4. The van der Waals surface area contributed by atoms with Gasteiger partial charge in [0.1, 0.15) is 5.75 Å². The van der Waals surface area contributed by atoms with Crippen LogP contribution in [0.3, 0.4) is 0 Å². The number of amides is 1. The van der Waals surface area contributed by atoms with E-state index in [-0.39, 0.29) is 5.91 Å². The lowest BCUT2D eigenvalue weighted by molar-refractivity contribution is 0.0721. The third-order valence-electron chi connectivity index (χ3n) is 6.75. The first-order valence-electron chi connectivity index (χ1n) is 14.9. The highest BCUT2D eigenvalue weighted by Gasteiger charge is 2.21. The van der Waals surface area contributed by atoms with Crippen LogP contribution in [0.25, 0.3) is 0 Å². The van der Waals surface area contributed by atoms with Crippen LogP contribution in [0.1, 0.15) is 72.3 Å². The fourth-order valence-corrected chi connectivity index (χ4v) is 4.76. The number of hydrogen-bond donors (Lipinski definition) is 5. The first-order valence-corrected chi connectivity index (χ1v) is 14.9. The summed E-state index contributed by atoms with van der Waals surface area (Å²) in [6, 6.07) is 11.6. The molecule has 3 heterocycles. The molecule has 0 bridgehead atoms. The van der Waals surface area contributed by atoms with Crippen LogP contribution in [-0.4, -0.2) is 48.0 Å². The zero-order valence-corrected chi connectivity index (χ0v) is 26.7. The van der Waals surface area contributed by atoms with E-state index in [1.54, 1.807) is 25.3 Å². The van der Waals surface area contributed by atoms with Gasteiger partial charge in [-0.2, -0.15) is 0 Å². The van der Waals surface area contributed by atoms with Crippen LogP contribution in [-0.2, 0) is 13.1 Å². The number of ether oxygens (including phenoxy) is 1. The standard InChI is InChI=1S/C14H16N4.C13H19N3O2.C5H10.CH5N/c1-9-3-10(2)5-12(4-9)17-14-16-7-11-6-15-8-13(11)18-14;1-18-12-9-10(15-14)5-6-11(12)13(17)16-7-3-2-4-8-16;1-3-5-4-2;1-2/h3-5,7,15H,6,8H2,1-2H3,(H,16,17,18);5-6,9,15H,2-4,7-8,14H2,1H3;3,5H,4H2,1-2H3;2H2,1H3/b;;5-3+;. The van der Waals surface area contributed by atoms with Gasteiger partial charge in [-0.25, -0.2) is 9.97 Å². The van der Waals surface area contributed by atoms with Gasteiger partial charge >= 0.3 is 0 Å². The molecule has 5 rings (SSSR count). The number of benzene rings is 2. The van der Waals surface area contributed by atoms with Gasteiger partial charge in [-0.05, 0) is 88.9 Å². The number of aryl methyl sites for hydroxylation is 2. The summed E-state index contributed by atoms with van der Waals surface area (Å²) >= 11 is 0. The molecule has 1 amide bonds. The number of aromatic nitrogens is 2. The Morgan fingerprint density at radius 1 is 1.05 bits per heavy atom. The van der Waals surface area contributed by atoms with Crippen molar-refractivity contribution in [2.45, 2.75) is 66.5 Å². The predicted molar refractivity (Wildman–Crippen MR) is 178 cm³/mol. The number of fused-ring (bicyclic) bond motifs is 1. The quantitative estimate of drug-likeness (QED) is 0.141. The summed E-state index contributed by atoms with van der Waals surface area (Å²) < 4.78 is 5.26. The molecular weight excluding hydrogens is 540 g/mol. The van der Waals surface area contributed by atoms with Crippen LogP contribution in [0.5, 0.6) is 5.75 Å². The van der Waals surface area contributed by atoms with E-state index in [0.29, 0.717) is 17.3 Å². The molecular formula is C33H50N8O2. The molecule has 0 aliphatic carbocycles. The lowest BCUT2D eigenvalue weighted by atomic mass is 10.1. The Labute approximate surface area is 257 Å². The van der Waals surface area contributed by atoms with Gasteiger partial charge in [-0.1, -0.05) is 25.1 Å². The van der Waals surface area contributed by atoms with Crippen LogP contribution >= 0.6 is 0 Å². The number of likely N-dealkylation sites (tertiary alicyclic amines) is 1. The average molecular weight is 591 g/mol. The van der Waals surface area contributed by atoms with E-state index < -0.39 is 0 Å². The summed E-state index contributed by atoms with van der Waals surface area (Å²) in [5, 5.41) is 6.53. The van der Waals surface area contributed by atoms with Crippen molar-refractivity contribution in [3.63, 3.8) is 0 Å². The Hall–Kier alpha value is -3.99. The molecule has 0 spiro atoms. The molecule has 1 aromatic heterocycles. The highest BCUT2D eigenvalue weighted by molar-refractivity contribution is 5.97. The fourth-order valence-electron chi connectivity index (χ4n) is 4.76. The van der Waals surface area contributed by atoms with Crippen LogP contribution < -0.4 is 32.4 Å². The Bertz CT molecular complexity index is 1290. The number of nitrogens with zero attached hydrogens (tertiary/aromatic N) is 3. The van der Waals surface area contributed by atoms with Crippen molar-refractivity contribution in [2.75, 3.05) is 38.0 Å². The van der Waals surface area contributed by atoms with E-state index in [1.807, 2.05) is 18.0 Å². The zero-order valence-electron chi connectivity index (χ0n) is 26.7. The molecule has 3 aromatic rings. The number of carbonyl (C=O) groups excluding carboxylic acids is 1. The van der Waals surface area contributed by atoms with Gasteiger partial charge in [0.05, 0.1) is 24.1 Å². The molecule has 2 aromatic carbocycles. The van der Waals surface area contributed by atoms with Gasteiger partial charge < -0.3 is 31.4 Å². The molecule has 0 saturated carbocycles. The van der Waals surface area contributed by atoms with Gasteiger partial charge in [0.15, 0.2) is 0 Å². The van der Waals surface area contributed by atoms with Crippen LogP contribution in [0.4, 0.5) is 17.3 Å². The van der Waals surface area contributed by atoms with E-state index >= 15 is 0 Å². The van der Waals surface area contributed by atoms with Crippen molar-refractivity contribution in [3.05, 3.63) is 82.7 Å². The minimum absolute atomic E-state index is 0.0371. The summed E-state index contributed by atoms with van der Waals surface area (Å²) in [5.41, 5.74) is 14.2. The SMILES string of the molecule is C/C=C/CC.CN.COc1cc(NN)ccc1C(=O)N1CCCCC1.Cc1cc(C)cc(Nc2ncc3c(n2)CNC3)c1. The molecule has 2 aliphatic heterocycles. The predicted octanol–water partition coefficient (Wildman–Crippen LogP) is 5.59. The number of carbonyl (C=O) groups is 1. The number of methoxy groups -OCH3 is 1. The van der Waals surface area contributed by atoms with Gasteiger partial charge in [-0.3, -0.25) is 10.6 Å². The number of nitrogens with one attached hydrogen (secondary N) is 3. The lowest BCUT2D eigenvalue weighted by Crippen LogP contribution is -2.35. The molecule has 10 nitrogen and oxygen atoms in total. The zero-order chi connectivity index (χ0) is 31.6. The normalized spacial score (nSPS) is 13.3. The third kappa shape index (κ3) is 11.3. The second-order valence-corrected chi connectivity index (χ2v) is 10.2. The number of piperidine rings is 1. The van der Waals surface area contributed by atoms with Crippen molar-refractivity contribution >= 4 is 23.2 Å².